The van der Waals surface area contributed by atoms with Crippen LogP contribution >= 0.6 is 42.7 Å². The number of phosphoric ester groups is 1. The van der Waals surface area contributed by atoms with Gasteiger partial charge in [0, 0.05) is 4.90 Å². The number of thiazole rings is 1. The Hall–Kier alpha value is -4.69. The second-order valence-corrected chi connectivity index (χ2v) is 24.7. The Labute approximate surface area is 358 Å². The predicted octanol–water partition coefficient (Wildman–Crippen LogP) is 11.6. The number of aromatic nitrogens is 1. The zero-order valence-corrected chi connectivity index (χ0v) is 37.7. The maximum atomic E-state index is 14.2. The lowest BCUT2D eigenvalue weighted by molar-refractivity contribution is 0.144. The summed E-state index contributed by atoms with van der Waals surface area (Å²) in [6.07, 6.45) is -0.0465. The van der Waals surface area contributed by atoms with Crippen molar-refractivity contribution >= 4 is 87.4 Å². The molecule has 0 aliphatic carbocycles. The lowest BCUT2D eigenvalue weighted by atomic mass is 10.1. The summed E-state index contributed by atoms with van der Waals surface area (Å²) in [4.78, 5) is 11.0. The van der Waals surface area contributed by atoms with Crippen molar-refractivity contribution in [2.24, 2.45) is 4.99 Å². The first-order valence-electron chi connectivity index (χ1n) is 19.1. The fourth-order valence-electron chi connectivity index (χ4n) is 6.86. The van der Waals surface area contributed by atoms with Crippen molar-refractivity contribution in [2.75, 3.05) is 13.2 Å². The molecule has 0 unspecified atom stereocenters. The van der Waals surface area contributed by atoms with E-state index in [-0.39, 0.29) is 36.2 Å². The summed E-state index contributed by atoms with van der Waals surface area (Å²) in [5, 5.41) is 24.3. The summed E-state index contributed by atoms with van der Waals surface area (Å²) in [6.45, 7) is 10.5. The number of benzene rings is 5. The zero-order chi connectivity index (χ0) is 41.7. The third kappa shape index (κ3) is 9.38. The van der Waals surface area contributed by atoms with Crippen molar-refractivity contribution in [3.63, 3.8) is 0 Å². The molecule has 300 valence electrons. The highest BCUT2D eigenvalue weighted by molar-refractivity contribution is 8.16. The van der Waals surface area contributed by atoms with Crippen molar-refractivity contribution in [2.45, 2.75) is 62.1 Å². The van der Waals surface area contributed by atoms with Crippen LogP contribution in [0.25, 0.3) is 21.0 Å². The monoisotopic (exact) mass is 874 g/mol. The van der Waals surface area contributed by atoms with E-state index in [0.29, 0.717) is 10.7 Å². The number of aliphatic imine (C=N–C) groups is 1. The first kappa shape index (κ1) is 42.4. The van der Waals surface area contributed by atoms with Gasteiger partial charge in [0.05, 0.1) is 53.2 Å². The standard InChI is InChI=1S/C45H43N4O5PS3Si/c1-44(2,3)59(36-18-8-6-9-19-36,37-20-10-7-11-21-37)54-34-23-25-38-39(31-34)57-41(48-38)42-49-40(45(4,5)58-42)43(53-55(50,51-28-14-26-46)52-29-15-27-47)56-35-24-22-32-16-12-13-17-33(32)30-35/h6-13,16-25,30-31H,14-15,28-29H2,1-5H3/b43-40+. The summed E-state index contributed by atoms with van der Waals surface area (Å²) in [5.74, 6) is 0.773. The van der Waals surface area contributed by atoms with Crippen molar-refractivity contribution in [1.29, 1.82) is 10.5 Å². The average molecular weight is 875 g/mol. The smallest absolute Gasteiger partial charge is 0.530 e. The van der Waals surface area contributed by atoms with E-state index >= 15 is 0 Å². The Morgan fingerprint density at radius 3 is 2.03 bits per heavy atom. The number of nitriles is 2. The van der Waals surface area contributed by atoms with Crippen molar-refractivity contribution in [3.8, 4) is 17.9 Å². The zero-order valence-electron chi connectivity index (χ0n) is 33.4. The summed E-state index contributed by atoms with van der Waals surface area (Å²) in [5.41, 5.74) is 1.35. The predicted molar refractivity (Wildman–Crippen MR) is 244 cm³/mol. The molecule has 1 aromatic heterocycles. The molecule has 9 nitrogen and oxygen atoms in total. The highest BCUT2D eigenvalue weighted by atomic mass is 32.2. The number of phosphoric acid groups is 1. The molecule has 0 saturated heterocycles. The second kappa shape index (κ2) is 17.9. The molecule has 2 heterocycles. The molecule has 0 bridgehead atoms. The number of hydrogen-bond acceptors (Lipinski definition) is 12. The van der Waals surface area contributed by atoms with Gasteiger partial charge in [-0.15, -0.1) is 11.3 Å². The van der Waals surface area contributed by atoms with Crippen LogP contribution in [0.2, 0.25) is 5.04 Å². The molecule has 14 heteroatoms. The summed E-state index contributed by atoms with van der Waals surface area (Å²) in [6, 6.07) is 45.2. The molecule has 1 aliphatic heterocycles. The SMILES string of the molecule is CC1(C)SC(c2nc3ccc(O[Si](c4ccccc4)(c4ccccc4)C(C)(C)C)cc3s2)=N/C1=C(\OP(=O)(OCCC#N)OCCC#N)Sc1ccc2ccccc2c1. The minimum Gasteiger partial charge on any atom is -0.534 e. The lowest BCUT2D eigenvalue weighted by Crippen LogP contribution is -2.68. The molecule has 0 amide bonds. The van der Waals surface area contributed by atoms with Crippen LogP contribution in [0.5, 0.6) is 5.75 Å². The van der Waals surface area contributed by atoms with Crippen LogP contribution in [0.1, 0.15) is 52.5 Å². The van der Waals surface area contributed by atoms with E-state index in [1.54, 1.807) is 0 Å². The first-order valence-corrected chi connectivity index (χ1v) is 24.9. The molecular weight excluding hydrogens is 832 g/mol. The van der Waals surface area contributed by atoms with Crippen LogP contribution in [0.3, 0.4) is 0 Å². The molecule has 0 spiro atoms. The Kier molecular flexibility index (Phi) is 12.9. The average Bonchev–Trinajstić information content (AvgIpc) is 3.80. The van der Waals surface area contributed by atoms with E-state index in [2.05, 4.69) is 75.4 Å². The maximum absolute atomic E-state index is 14.2. The van der Waals surface area contributed by atoms with E-state index in [4.69, 9.17) is 28.0 Å². The van der Waals surface area contributed by atoms with Gasteiger partial charge >= 0.3 is 16.1 Å². The van der Waals surface area contributed by atoms with Gasteiger partial charge in [-0.05, 0) is 70.4 Å². The topological polar surface area (TPSA) is 127 Å². The number of hydrogen-bond donors (Lipinski definition) is 0. The van der Waals surface area contributed by atoms with Gasteiger partial charge in [-0.1, -0.05) is 135 Å². The first-order chi connectivity index (χ1) is 28.3. The van der Waals surface area contributed by atoms with Crippen molar-refractivity contribution < 1.29 is 22.6 Å². The number of thioether (sulfide) groups is 2. The van der Waals surface area contributed by atoms with Gasteiger partial charge in [0.2, 0.25) is 0 Å². The molecule has 5 aromatic carbocycles. The van der Waals surface area contributed by atoms with Gasteiger partial charge in [-0.25, -0.2) is 14.5 Å². The summed E-state index contributed by atoms with van der Waals surface area (Å²) >= 11 is 4.32. The molecule has 6 aromatic rings. The molecule has 59 heavy (non-hydrogen) atoms. The normalized spacial score (nSPS) is 15.1. The minimum atomic E-state index is -4.31. The van der Waals surface area contributed by atoms with Gasteiger partial charge in [-0.3, -0.25) is 9.05 Å². The van der Waals surface area contributed by atoms with Crippen molar-refractivity contribution in [1.82, 2.24) is 4.98 Å². The second-order valence-electron chi connectivity index (χ2n) is 15.2. The third-order valence-electron chi connectivity index (χ3n) is 9.61. The molecule has 0 N–H and O–H groups in total. The Morgan fingerprint density at radius 1 is 0.814 bits per heavy atom. The summed E-state index contributed by atoms with van der Waals surface area (Å²) < 4.78 is 39.3. The molecule has 0 radical (unpaired) electrons. The quantitative estimate of drug-likeness (QED) is 0.0323. The molecule has 7 rings (SSSR count). The maximum Gasteiger partial charge on any atom is 0.530 e. The number of rotatable bonds is 15. The van der Waals surface area contributed by atoms with Crippen LogP contribution in [-0.4, -0.2) is 36.3 Å². The summed E-state index contributed by atoms with van der Waals surface area (Å²) in [7, 11) is -7.17. The minimum absolute atomic E-state index is 0.0232. The van der Waals surface area contributed by atoms with Crippen LogP contribution in [0.15, 0.2) is 142 Å². The van der Waals surface area contributed by atoms with Crippen LogP contribution < -0.4 is 14.8 Å². The van der Waals surface area contributed by atoms with Gasteiger partial charge < -0.3 is 8.95 Å². The lowest BCUT2D eigenvalue weighted by Gasteiger charge is -2.43. The fourth-order valence-corrected chi connectivity index (χ4v) is 15.9. The van der Waals surface area contributed by atoms with E-state index in [9.17, 15) is 15.1 Å². The third-order valence-corrected chi connectivity index (χ3v) is 19.4. The van der Waals surface area contributed by atoms with E-state index < -0.39 is 20.9 Å². The van der Waals surface area contributed by atoms with Crippen molar-refractivity contribution in [3.05, 3.63) is 137 Å². The fraction of sp³-hybridized carbons (Fsp3) is 0.244. The van der Waals surface area contributed by atoms with Gasteiger partial charge in [0.1, 0.15) is 21.5 Å². The van der Waals surface area contributed by atoms with Gasteiger partial charge in [0.25, 0.3) is 0 Å². The van der Waals surface area contributed by atoms with Crippen LogP contribution in [0, 0.1) is 22.7 Å². The highest BCUT2D eigenvalue weighted by Crippen LogP contribution is 2.57. The van der Waals surface area contributed by atoms with Gasteiger partial charge in [-0.2, -0.15) is 10.5 Å². The Balaban J connectivity index is 1.28. The molecule has 1 aliphatic rings. The van der Waals surface area contributed by atoms with Crippen LogP contribution in [0.4, 0.5) is 0 Å². The molecule has 0 saturated carbocycles. The highest BCUT2D eigenvalue weighted by Gasteiger charge is 2.52. The van der Waals surface area contributed by atoms with E-state index in [0.717, 1.165) is 36.6 Å². The van der Waals surface area contributed by atoms with E-state index in [1.807, 2.05) is 92.7 Å². The Morgan fingerprint density at radius 2 is 1.42 bits per heavy atom. The Bertz CT molecular complexity index is 2610. The van der Waals surface area contributed by atoms with Gasteiger partial charge in [0.15, 0.2) is 5.09 Å². The number of nitrogens with zero attached hydrogens (tertiary/aromatic N) is 4. The molecular formula is C45H43N4O5PS3Si. The molecule has 0 fully saturated rings. The van der Waals surface area contributed by atoms with Crippen LogP contribution in [-0.2, 0) is 18.1 Å². The van der Waals surface area contributed by atoms with E-state index in [1.165, 1.54) is 45.2 Å². The largest absolute Gasteiger partial charge is 0.534 e. The molecule has 0 atom stereocenters. The number of fused-ring (bicyclic) bond motifs is 2.